The van der Waals surface area contributed by atoms with Gasteiger partial charge in [0.1, 0.15) is 11.0 Å². The molecule has 4 nitrogen and oxygen atoms in total. The number of furan rings is 1. The molecule has 10 rings (SSSR count). The molecule has 2 heterocycles. The van der Waals surface area contributed by atoms with E-state index in [1.54, 1.807) is 0 Å². The van der Waals surface area contributed by atoms with Crippen molar-refractivity contribution in [2.45, 2.75) is 12.8 Å². The van der Waals surface area contributed by atoms with Crippen molar-refractivity contribution in [1.82, 2.24) is 15.0 Å². The SMILES string of the molecule is c1ccc(-c2nc(C3=c4oc5c(ccc6ccccc65)c4=C(c4ccc(-c5cccc6ccccc56)cc4)CC3)nc(-c3ccccc3)n2)cc1. The van der Waals surface area contributed by atoms with Gasteiger partial charge in [-0.25, -0.2) is 15.0 Å². The molecule has 0 fully saturated rings. The van der Waals surface area contributed by atoms with Crippen LogP contribution >= 0.6 is 0 Å². The summed E-state index contributed by atoms with van der Waals surface area (Å²) in [4.78, 5) is 15.2. The van der Waals surface area contributed by atoms with Crippen LogP contribution in [0, 0.1) is 0 Å². The summed E-state index contributed by atoms with van der Waals surface area (Å²) in [6.07, 6.45) is 1.56. The maximum absolute atomic E-state index is 7.00. The number of nitrogens with zero attached hydrogens (tertiary/aromatic N) is 3. The summed E-state index contributed by atoms with van der Waals surface area (Å²) < 4.78 is 7.00. The zero-order valence-corrected chi connectivity index (χ0v) is 27.8. The predicted molar refractivity (Wildman–Crippen MR) is 207 cm³/mol. The van der Waals surface area contributed by atoms with Crippen molar-refractivity contribution in [3.05, 3.63) is 186 Å². The Labute approximate surface area is 294 Å². The fourth-order valence-corrected chi connectivity index (χ4v) is 7.60. The quantitative estimate of drug-likeness (QED) is 0.186. The summed E-state index contributed by atoms with van der Waals surface area (Å²) in [7, 11) is 0. The largest absolute Gasteiger partial charge is 0.455 e. The molecule has 51 heavy (non-hydrogen) atoms. The van der Waals surface area contributed by atoms with Crippen LogP contribution < -0.4 is 10.6 Å². The molecular formula is C47H31N3O. The smallest absolute Gasteiger partial charge is 0.164 e. The van der Waals surface area contributed by atoms with Crippen LogP contribution in [0.4, 0.5) is 0 Å². The molecule has 240 valence electrons. The van der Waals surface area contributed by atoms with Crippen LogP contribution in [-0.4, -0.2) is 15.0 Å². The van der Waals surface area contributed by atoms with Crippen molar-refractivity contribution in [2.24, 2.45) is 0 Å². The van der Waals surface area contributed by atoms with Gasteiger partial charge in [0.15, 0.2) is 17.5 Å². The Kier molecular flexibility index (Phi) is 6.91. The van der Waals surface area contributed by atoms with Crippen LogP contribution in [-0.2, 0) is 0 Å². The molecule has 0 atom stereocenters. The van der Waals surface area contributed by atoms with Crippen LogP contribution in [0.25, 0.3) is 77.6 Å². The molecule has 2 aromatic heterocycles. The Bertz CT molecular complexity index is 2830. The fraction of sp³-hybridized carbons (Fsp3) is 0.0426. The molecule has 0 saturated heterocycles. The fourth-order valence-electron chi connectivity index (χ4n) is 7.60. The van der Waals surface area contributed by atoms with Crippen LogP contribution in [0.5, 0.6) is 0 Å². The molecular weight excluding hydrogens is 623 g/mol. The van der Waals surface area contributed by atoms with Crippen LogP contribution in [0.3, 0.4) is 0 Å². The van der Waals surface area contributed by atoms with Crippen molar-refractivity contribution in [3.63, 3.8) is 0 Å². The first-order valence-electron chi connectivity index (χ1n) is 17.4. The van der Waals surface area contributed by atoms with Crippen molar-refractivity contribution in [1.29, 1.82) is 0 Å². The van der Waals surface area contributed by atoms with Crippen LogP contribution in [0.2, 0.25) is 0 Å². The van der Waals surface area contributed by atoms with Gasteiger partial charge in [-0.2, -0.15) is 0 Å². The zero-order valence-electron chi connectivity index (χ0n) is 27.8. The molecule has 1 aliphatic rings. The Morgan fingerprint density at radius 3 is 1.63 bits per heavy atom. The average Bonchev–Trinajstić information content (AvgIpc) is 3.61. The number of aromatic nitrogens is 3. The third-order valence-electron chi connectivity index (χ3n) is 10.1. The van der Waals surface area contributed by atoms with Gasteiger partial charge in [-0.15, -0.1) is 0 Å². The lowest BCUT2D eigenvalue weighted by molar-refractivity contribution is 0.569. The molecule has 0 unspecified atom stereocenters. The van der Waals surface area contributed by atoms with Crippen molar-refractivity contribution in [3.8, 4) is 33.9 Å². The van der Waals surface area contributed by atoms with Gasteiger partial charge in [0.05, 0.1) is 0 Å². The zero-order chi connectivity index (χ0) is 33.7. The lowest BCUT2D eigenvalue weighted by Crippen LogP contribution is -2.31. The number of benzene rings is 7. The summed E-state index contributed by atoms with van der Waals surface area (Å²) in [5.74, 6) is 1.94. The monoisotopic (exact) mass is 653 g/mol. The molecule has 9 aromatic rings. The summed E-state index contributed by atoms with van der Waals surface area (Å²) >= 11 is 0. The van der Waals surface area contributed by atoms with E-state index >= 15 is 0 Å². The molecule has 7 aromatic carbocycles. The van der Waals surface area contributed by atoms with Gasteiger partial charge in [0.2, 0.25) is 0 Å². The normalized spacial score (nSPS) is 12.9. The van der Waals surface area contributed by atoms with Crippen molar-refractivity contribution < 1.29 is 4.42 Å². The highest BCUT2D eigenvalue weighted by Gasteiger charge is 2.24. The highest BCUT2D eigenvalue weighted by atomic mass is 16.3. The number of rotatable bonds is 5. The average molecular weight is 654 g/mol. The molecule has 0 saturated carbocycles. The summed E-state index contributed by atoms with van der Waals surface area (Å²) in [5, 5.41) is 6.98. The Balaban J connectivity index is 1.23. The first kappa shape index (κ1) is 29.3. The summed E-state index contributed by atoms with van der Waals surface area (Å²) in [5.41, 5.74) is 9.53. The first-order chi connectivity index (χ1) is 25.3. The van der Waals surface area contributed by atoms with Gasteiger partial charge in [-0.3, -0.25) is 0 Å². The molecule has 4 heteroatoms. The number of hydrogen-bond acceptors (Lipinski definition) is 4. The van der Waals surface area contributed by atoms with E-state index in [1.165, 1.54) is 33.0 Å². The van der Waals surface area contributed by atoms with E-state index in [-0.39, 0.29) is 0 Å². The molecule has 0 N–H and O–H groups in total. The lowest BCUT2D eigenvalue weighted by atomic mass is 9.89. The molecule has 0 aliphatic heterocycles. The molecule has 1 aliphatic carbocycles. The lowest BCUT2D eigenvalue weighted by Gasteiger charge is -2.16. The van der Waals surface area contributed by atoms with Gasteiger partial charge >= 0.3 is 0 Å². The summed E-state index contributed by atoms with van der Waals surface area (Å²) in [6.45, 7) is 0. The van der Waals surface area contributed by atoms with Gasteiger partial charge in [0.25, 0.3) is 0 Å². The van der Waals surface area contributed by atoms with E-state index in [9.17, 15) is 0 Å². The second-order valence-electron chi connectivity index (χ2n) is 13.1. The third kappa shape index (κ3) is 5.03. The number of hydrogen-bond donors (Lipinski definition) is 0. The molecule has 0 amide bonds. The van der Waals surface area contributed by atoms with E-state index in [0.29, 0.717) is 17.5 Å². The third-order valence-corrected chi connectivity index (χ3v) is 10.1. The van der Waals surface area contributed by atoms with Gasteiger partial charge in [0, 0.05) is 32.7 Å². The second-order valence-corrected chi connectivity index (χ2v) is 13.1. The maximum Gasteiger partial charge on any atom is 0.164 e. The Hall–Kier alpha value is -6.65. The maximum atomic E-state index is 7.00. The van der Waals surface area contributed by atoms with E-state index < -0.39 is 0 Å². The second kappa shape index (κ2) is 12.0. The minimum atomic E-state index is 0.647. The van der Waals surface area contributed by atoms with Gasteiger partial charge < -0.3 is 4.42 Å². The van der Waals surface area contributed by atoms with E-state index in [4.69, 9.17) is 19.4 Å². The van der Waals surface area contributed by atoms with Gasteiger partial charge in [-0.05, 0) is 57.3 Å². The van der Waals surface area contributed by atoms with Gasteiger partial charge in [-0.1, -0.05) is 158 Å². The van der Waals surface area contributed by atoms with Crippen molar-refractivity contribution in [2.75, 3.05) is 0 Å². The topological polar surface area (TPSA) is 51.8 Å². The van der Waals surface area contributed by atoms with Crippen LogP contribution in [0.1, 0.15) is 24.2 Å². The minimum absolute atomic E-state index is 0.647. The Morgan fingerprint density at radius 1 is 0.373 bits per heavy atom. The highest BCUT2D eigenvalue weighted by Crippen LogP contribution is 2.33. The number of fused-ring (bicyclic) bond motifs is 6. The predicted octanol–water partition coefficient (Wildman–Crippen LogP) is 10.1. The summed E-state index contributed by atoms with van der Waals surface area (Å²) in [6, 6.07) is 57.3. The van der Waals surface area contributed by atoms with E-state index in [2.05, 4.69) is 103 Å². The molecule has 0 radical (unpaired) electrons. The standard InChI is InChI=1S/C47H31N3O/c1-3-14-34(15-4-1)45-48-46(35-16-5-2-6-17-35)50-47(49-45)41-29-28-38(42-40-27-26-31-13-8-10-20-39(31)43(40)51-44(41)42)33-24-22-32(23-25-33)37-21-11-18-30-12-7-9-19-36(30)37/h1-27H,28-29H2. The first-order valence-corrected chi connectivity index (χ1v) is 17.4. The molecule has 0 spiro atoms. The van der Waals surface area contributed by atoms with Crippen LogP contribution in [0.15, 0.2) is 168 Å². The Morgan fingerprint density at radius 2 is 0.922 bits per heavy atom. The van der Waals surface area contributed by atoms with E-state index in [1.807, 2.05) is 60.7 Å². The molecule has 0 bridgehead atoms. The van der Waals surface area contributed by atoms with Crippen molar-refractivity contribution >= 4 is 43.7 Å². The van der Waals surface area contributed by atoms with E-state index in [0.717, 1.165) is 61.9 Å². The minimum Gasteiger partial charge on any atom is -0.455 e. The highest BCUT2D eigenvalue weighted by molar-refractivity contribution is 6.05.